The molecule has 1 heterocycles. The van der Waals surface area contributed by atoms with Gasteiger partial charge < -0.3 is 26.5 Å². The second-order valence-electron chi connectivity index (χ2n) is 6.89. The van der Waals surface area contributed by atoms with E-state index in [-0.39, 0.29) is 12.3 Å². The Labute approximate surface area is 173 Å². The minimum absolute atomic E-state index is 0.0159. The van der Waals surface area contributed by atoms with Crippen LogP contribution in [0.2, 0.25) is 0 Å². The summed E-state index contributed by atoms with van der Waals surface area (Å²) in [5.74, 6) is 4.08. The number of urea groups is 1. The molecule has 0 spiro atoms. The maximum absolute atomic E-state index is 12.7. The molecule has 1 aliphatic rings. The molecule has 0 bridgehead atoms. The van der Waals surface area contributed by atoms with E-state index >= 15 is 0 Å². The molecule has 156 valence electrons. The summed E-state index contributed by atoms with van der Waals surface area (Å²) >= 11 is 0. The number of amides is 3. The zero-order valence-electron chi connectivity index (χ0n) is 16.2. The quantitative estimate of drug-likeness (QED) is 0.315. The Hall–Kier alpha value is -3.88. The van der Waals surface area contributed by atoms with Crippen LogP contribution in [-0.4, -0.2) is 41.8 Å². The van der Waals surface area contributed by atoms with Gasteiger partial charge in [-0.15, -0.1) is 0 Å². The van der Waals surface area contributed by atoms with Crippen LogP contribution in [0.5, 0.6) is 0 Å². The fraction of sp³-hybridized carbons (Fsp3) is 0.238. The minimum atomic E-state index is -0.877. The van der Waals surface area contributed by atoms with Crippen molar-refractivity contribution in [1.29, 1.82) is 0 Å². The Kier molecular flexibility index (Phi) is 6.63. The molecule has 5 N–H and O–H groups in total. The number of hydrogen-bond acceptors (Lipinski definition) is 5. The summed E-state index contributed by atoms with van der Waals surface area (Å²) in [7, 11) is 0. The monoisotopic (exact) mass is 409 g/mol. The van der Waals surface area contributed by atoms with Crippen LogP contribution >= 0.6 is 0 Å². The molecule has 0 aromatic heterocycles. The first-order chi connectivity index (χ1) is 14.5. The van der Waals surface area contributed by atoms with Gasteiger partial charge in [-0.1, -0.05) is 24.3 Å². The fourth-order valence-corrected chi connectivity index (χ4v) is 3.28. The van der Waals surface area contributed by atoms with Gasteiger partial charge in [0.2, 0.25) is 5.91 Å². The highest BCUT2D eigenvalue weighted by Crippen LogP contribution is 2.22. The van der Waals surface area contributed by atoms with Crippen molar-refractivity contribution in [3.05, 3.63) is 59.7 Å². The second-order valence-corrected chi connectivity index (χ2v) is 6.89. The van der Waals surface area contributed by atoms with E-state index in [9.17, 15) is 14.4 Å². The van der Waals surface area contributed by atoms with Gasteiger partial charge in [0, 0.05) is 24.3 Å². The van der Waals surface area contributed by atoms with E-state index in [4.69, 9.17) is 10.9 Å². The van der Waals surface area contributed by atoms with E-state index in [1.165, 1.54) is 6.21 Å². The van der Waals surface area contributed by atoms with E-state index in [1.807, 2.05) is 12.1 Å². The lowest BCUT2D eigenvalue weighted by Crippen LogP contribution is -2.43. The molecular formula is C21H23N5O4. The van der Waals surface area contributed by atoms with Crippen molar-refractivity contribution in [3.8, 4) is 0 Å². The average Bonchev–Trinajstić information content (AvgIpc) is 3.07. The van der Waals surface area contributed by atoms with Crippen LogP contribution < -0.4 is 21.4 Å². The molecule has 0 unspecified atom stereocenters. The third-order valence-corrected chi connectivity index (χ3v) is 4.75. The van der Waals surface area contributed by atoms with Gasteiger partial charge in [0.25, 0.3) is 0 Å². The number of hydrogen-bond donors (Lipinski definition) is 4. The molecule has 2 aromatic rings. The van der Waals surface area contributed by atoms with Crippen molar-refractivity contribution in [1.82, 2.24) is 5.32 Å². The van der Waals surface area contributed by atoms with Gasteiger partial charge in [0.05, 0.1) is 6.21 Å². The molecule has 9 nitrogen and oxygen atoms in total. The van der Waals surface area contributed by atoms with Crippen LogP contribution in [0, 0.1) is 0 Å². The number of nitrogens with one attached hydrogen (secondary N) is 2. The van der Waals surface area contributed by atoms with E-state index in [1.54, 1.807) is 41.3 Å². The van der Waals surface area contributed by atoms with Gasteiger partial charge in [0.15, 0.2) is 0 Å². The lowest BCUT2D eigenvalue weighted by Gasteiger charge is -2.17. The molecule has 1 saturated heterocycles. The zero-order chi connectivity index (χ0) is 21.5. The van der Waals surface area contributed by atoms with E-state index in [0.717, 1.165) is 16.8 Å². The Bertz CT molecular complexity index is 958. The van der Waals surface area contributed by atoms with E-state index in [0.29, 0.717) is 25.1 Å². The number of aliphatic carboxylic acids is 1. The van der Waals surface area contributed by atoms with Crippen molar-refractivity contribution >= 4 is 35.5 Å². The van der Waals surface area contributed by atoms with Gasteiger partial charge in [-0.2, -0.15) is 5.10 Å². The Morgan fingerprint density at radius 2 is 2.00 bits per heavy atom. The average molecular weight is 409 g/mol. The fourth-order valence-electron chi connectivity index (χ4n) is 3.28. The summed E-state index contributed by atoms with van der Waals surface area (Å²) in [5.41, 5.74) is 2.91. The molecule has 30 heavy (non-hydrogen) atoms. The van der Waals surface area contributed by atoms with Gasteiger partial charge in [-0.25, -0.2) is 4.79 Å². The predicted molar refractivity (Wildman–Crippen MR) is 114 cm³/mol. The number of carboxylic acids is 1. The maximum Gasteiger partial charge on any atom is 0.319 e. The molecule has 0 radical (unpaired) electrons. The highest BCUT2D eigenvalue weighted by atomic mass is 16.4. The number of aryl methyl sites for hydroxylation is 1. The number of nitrogens with two attached hydrogens (primary N) is 1. The molecule has 2 aromatic carbocycles. The van der Waals surface area contributed by atoms with Crippen LogP contribution in [0.3, 0.4) is 0 Å². The molecule has 3 amide bonds. The first-order valence-electron chi connectivity index (χ1n) is 9.49. The summed E-state index contributed by atoms with van der Waals surface area (Å²) in [6, 6.07) is 13.1. The zero-order valence-corrected chi connectivity index (χ0v) is 16.2. The Morgan fingerprint density at radius 1 is 1.23 bits per heavy atom. The van der Waals surface area contributed by atoms with Crippen molar-refractivity contribution in [2.45, 2.75) is 25.3 Å². The number of anilines is 2. The van der Waals surface area contributed by atoms with E-state index in [2.05, 4.69) is 15.7 Å². The molecule has 1 aliphatic heterocycles. The molecule has 1 fully saturated rings. The van der Waals surface area contributed by atoms with Crippen LogP contribution in [0.15, 0.2) is 53.6 Å². The first kappa shape index (κ1) is 20.8. The van der Waals surface area contributed by atoms with Gasteiger partial charge in [0.1, 0.15) is 6.04 Å². The summed E-state index contributed by atoms with van der Waals surface area (Å²) < 4.78 is 0. The van der Waals surface area contributed by atoms with Crippen LogP contribution in [0.4, 0.5) is 16.2 Å². The number of carbonyl (C=O) groups is 3. The second kappa shape index (κ2) is 9.55. The highest BCUT2D eigenvalue weighted by Gasteiger charge is 2.33. The summed E-state index contributed by atoms with van der Waals surface area (Å²) in [6.45, 7) is 0.499. The minimum Gasteiger partial charge on any atom is -0.481 e. The van der Waals surface area contributed by atoms with E-state index < -0.39 is 18.0 Å². The molecule has 1 atom stereocenters. The lowest BCUT2D eigenvalue weighted by atomic mass is 10.1. The SMILES string of the molecule is NN=Cc1ccc(N2CC[C@H](NC(=O)Nc3cccc(CCC(=O)O)c3)C2=O)cc1. The number of carbonyl (C=O) groups excluding carboxylic acids is 2. The smallest absolute Gasteiger partial charge is 0.319 e. The van der Waals surface area contributed by atoms with Crippen molar-refractivity contribution < 1.29 is 19.5 Å². The standard InChI is InChI=1S/C21H23N5O4/c22-23-13-15-4-7-17(8-5-15)26-11-10-18(20(26)29)25-21(30)24-16-3-1-2-14(12-16)6-9-19(27)28/h1-5,7-8,12-13,18H,6,9-11,22H2,(H,27,28)(H2,24,25,30)/t18-/m0/s1. The number of carboxylic acid groups (broad SMARTS) is 1. The molecule has 0 saturated carbocycles. The number of benzene rings is 2. The molecule has 3 rings (SSSR count). The summed E-state index contributed by atoms with van der Waals surface area (Å²) in [4.78, 5) is 37.4. The third-order valence-electron chi connectivity index (χ3n) is 4.75. The number of rotatable bonds is 7. The van der Waals surface area contributed by atoms with Gasteiger partial charge >= 0.3 is 12.0 Å². The molecule has 9 heteroatoms. The van der Waals surface area contributed by atoms with Crippen LogP contribution in [0.25, 0.3) is 0 Å². The first-order valence-corrected chi connectivity index (χ1v) is 9.49. The number of hydrazone groups is 1. The topological polar surface area (TPSA) is 137 Å². The number of nitrogens with zero attached hydrogens (tertiary/aromatic N) is 2. The highest BCUT2D eigenvalue weighted by molar-refractivity contribution is 6.02. The normalized spacial score (nSPS) is 16.1. The lowest BCUT2D eigenvalue weighted by molar-refractivity contribution is -0.137. The van der Waals surface area contributed by atoms with Crippen molar-refractivity contribution in [2.24, 2.45) is 10.9 Å². The largest absolute Gasteiger partial charge is 0.481 e. The third kappa shape index (κ3) is 5.34. The van der Waals surface area contributed by atoms with Gasteiger partial charge in [-0.3, -0.25) is 9.59 Å². The van der Waals surface area contributed by atoms with Crippen LogP contribution in [-0.2, 0) is 16.0 Å². The maximum atomic E-state index is 12.7. The summed E-state index contributed by atoms with van der Waals surface area (Å²) in [5, 5.41) is 17.7. The molecule has 0 aliphatic carbocycles. The van der Waals surface area contributed by atoms with Crippen molar-refractivity contribution in [2.75, 3.05) is 16.8 Å². The Balaban J connectivity index is 1.56. The predicted octanol–water partition coefficient (Wildman–Crippen LogP) is 1.92. The molecular weight excluding hydrogens is 386 g/mol. The Morgan fingerprint density at radius 3 is 2.70 bits per heavy atom. The summed E-state index contributed by atoms with van der Waals surface area (Å²) in [6.07, 6.45) is 2.40. The van der Waals surface area contributed by atoms with Crippen molar-refractivity contribution in [3.63, 3.8) is 0 Å². The van der Waals surface area contributed by atoms with Crippen LogP contribution in [0.1, 0.15) is 24.0 Å². The van der Waals surface area contributed by atoms with Gasteiger partial charge in [-0.05, 0) is 48.2 Å².